The summed E-state index contributed by atoms with van der Waals surface area (Å²) in [6.07, 6.45) is 0. The Kier molecular flexibility index (Phi) is 3.25. The Bertz CT molecular complexity index is 994. The highest BCUT2D eigenvalue weighted by Crippen LogP contribution is 2.34. The first-order chi connectivity index (χ1) is 10.7. The van der Waals surface area contributed by atoms with Gasteiger partial charge in [-0.15, -0.1) is 0 Å². The highest BCUT2D eigenvalue weighted by Gasteiger charge is 2.11. The Morgan fingerprint density at radius 2 is 1.32 bits per heavy atom. The summed E-state index contributed by atoms with van der Waals surface area (Å²) in [5, 5.41) is 4.65. The first-order valence-electron chi connectivity index (χ1n) is 6.96. The van der Waals surface area contributed by atoms with Gasteiger partial charge in [0.1, 0.15) is 0 Å². The molecule has 0 saturated carbocycles. The monoisotopic (exact) mass is 323 g/mol. The van der Waals surface area contributed by atoms with E-state index in [1.165, 1.54) is 0 Å². The van der Waals surface area contributed by atoms with E-state index in [-0.39, 0.29) is 0 Å². The molecule has 1 aromatic heterocycles. The second-order valence-electron chi connectivity index (χ2n) is 5.18. The van der Waals surface area contributed by atoms with E-state index in [1.54, 1.807) is 0 Å². The first-order valence-corrected chi connectivity index (χ1v) is 7.72. The van der Waals surface area contributed by atoms with Crippen molar-refractivity contribution in [1.82, 2.24) is 4.98 Å². The maximum atomic E-state index is 6.21. The van der Waals surface area contributed by atoms with Gasteiger partial charge in [-0.3, -0.25) is 0 Å². The minimum absolute atomic E-state index is 0.687. The zero-order valence-corrected chi connectivity index (χ0v) is 13.1. The molecule has 4 aromatic rings. The van der Waals surface area contributed by atoms with Crippen LogP contribution in [0.4, 0.5) is 0 Å². The summed E-state index contributed by atoms with van der Waals surface area (Å²) in [7, 11) is 0. The molecule has 0 aliphatic carbocycles. The average Bonchev–Trinajstić information content (AvgIpc) is 2.54. The molecule has 0 amide bonds. The second kappa shape index (κ2) is 5.28. The maximum Gasteiger partial charge on any atom is 0.0788 e. The van der Waals surface area contributed by atoms with Crippen molar-refractivity contribution in [3.63, 3.8) is 0 Å². The SMILES string of the molecule is Clc1ccc2c(c1)nc(-c1ccccc1)c1cc(Cl)ccc12. The third-order valence-corrected chi connectivity index (χ3v) is 4.24. The standard InChI is InChI=1S/C19H11Cl2N/c20-13-6-8-15-16-9-7-14(21)11-18(16)22-19(17(15)10-13)12-4-2-1-3-5-12/h1-11H. The number of nitrogens with zero attached hydrogens (tertiary/aromatic N) is 1. The molecule has 0 aliphatic heterocycles. The number of benzene rings is 3. The molecule has 3 aromatic carbocycles. The van der Waals surface area contributed by atoms with Gasteiger partial charge in [0.2, 0.25) is 0 Å². The normalized spacial score (nSPS) is 11.2. The van der Waals surface area contributed by atoms with E-state index in [2.05, 4.69) is 12.1 Å². The molecule has 22 heavy (non-hydrogen) atoms. The number of pyridine rings is 1. The fourth-order valence-electron chi connectivity index (χ4n) is 2.77. The molecule has 0 N–H and O–H groups in total. The van der Waals surface area contributed by atoms with Crippen molar-refractivity contribution in [1.29, 1.82) is 0 Å². The maximum absolute atomic E-state index is 6.21. The van der Waals surface area contributed by atoms with Crippen LogP contribution in [-0.2, 0) is 0 Å². The molecule has 0 spiro atoms. The number of hydrogen-bond acceptors (Lipinski definition) is 1. The molecular weight excluding hydrogens is 313 g/mol. The van der Waals surface area contributed by atoms with Gasteiger partial charge in [0, 0.05) is 26.4 Å². The summed E-state index contributed by atoms with van der Waals surface area (Å²) in [4.78, 5) is 4.83. The molecule has 0 unspecified atom stereocenters. The molecule has 0 aliphatic rings. The third kappa shape index (κ3) is 2.23. The lowest BCUT2D eigenvalue weighted by molar-refractivity contribution is 1.43. The molecule has 0 saturated heterocycles. The smallest absolute Gasteiger partial charge is 0.0788 e. The van der Waals surface area contributed by atoms with Crippen LogP contribution in [0.25, 0.3) is 32.9 Å². The van der Waals surface area contributed by atoms with E-state index >= 15 is 0 Å². The van der Waals surface area contributed by atoms with Crippen molar-refractivity contribution in [2.24, 2.45) is 0 Å². The topological polar surface area (TPSA) is 12.9 Å². The predicted octanol–water partition coefficient (Wildman–Crippen LogP) is 6.36. The first kappa shape index (κ1) is 13.6. The van der Waals surface area contributed by atoms with Crippen molar-refractivity contribution < 1.29 is 0 Å². The molecule has 3 heteroatoms. The highest BCUT2D eigenvalue weighted by atomic mass is 35.5. The van der Waals surface area contributed by atoms with E-state index < -0.39 is 0 Å². The van der Waals surface area contributed by atoms with Crippen LogP contribution in [0.15, 0.2) is 66.7 Å². The van der Waals surface area contributed by atoms with Gasteiger partial charge in [-0.05, 0) is 29.7 Å². The Balaban J connectivity index is 2.19. The summed E-state index contributed by atoms with van der Waals surface area (Å²) in [5.74, 6) is 0. The lowest BCUT2D eigenvalue weighted by Crippen LogP contribution is -1.89. The molecule has 0 atom stereocenters. The minimum Gasteiger partial charge on any atom is -0.247 e. The number of aromatic nitrogens is 1. The van der Waals surface area contributed by atoms with Gasteiger partial charge >= 0.3 is 0 Å². The Morgan fingerprint density at radius 1 is 0.636 bits per heavy atom. The van der Waals surface area contributed by atoms with E-state index in [0.29, 0.717) is 10.0 Å². The number of halogens is 2. The summed E-state index contributed by atoms with van der Waals surface area (Å²) in [6, 6.07) is 21.9. The Morgan fingerprint density at radius 3 is 2.09 bits per heavy atom. The highest BCUT2D eigenvalue weighted by molar-refractivity contribution is 6.32. The summed E-state index contributed by atoms with van der Waals surface area (Å²) in [6.45, 7) is 0. The van der Waals surface area contributed by atoms with E-state index in [4.69, 9.17) is 28.2 Å². The van der Waals surface area contributed by atoms with Crippen molar-refractivity contribution in [3.05, 3.63) is 76.8 Å². The van der Waals surface area contributed by atoms with Gasteiger partial charge < -0.3 is 0 Å². The van der Waals surface area contributed by atoms with Crippen LogP contribution in [-0.4, -0.2) is 4.98 Å². The van der Waals surface area contributed by atoms with Crippen LogP contribution in [0.3, 0.4) is 0 Å². The fraction of sp³-hybridized carbons (Fsp3) is 0. The van der Waals surface area contributed by atoms with E-state index in [0.717, 1.165) is 32.9 Å². The summed E-state index contributed by atoms with van der Waals surface area (Å²) in [5.41, 5.74) is 2.88. The second-order valence-corrected chi connectivity index (χ2v) is 6.05. The predicted molar refractivity (Wildman–Crippen MR) is 94.7 cm³/mol. The molecule has 4 rings (SSSR count). The van der Waals surface area contributed by atoms with Gasteiger partial charge in [-0.1, -0.05) is 65.7 Å². The molecule has 106 valence electrons. The molecule has 1 heterocycles. The van der Waals surface area contributed by atoms with Crippen molar-refractivity contribution >= 4 is 44.9 Å². The lowest BCUT2D eigenvalue weighted by atomic mass is 10.00. The number of fused-ring (bicyclic) bond motifs is 3. The van der Waals surface area contributed by atoms with Crippen LogP contribution in [0.1, 0.15) is 0 Å². The molecule has 0 bridgehead atoms. The quantitative estimate of drug-likeness (QED) is 0.371. The zero-order valence-electron chi connectivity index (χ0n) is 11.6. The van der Waals surface area contributed by atoms with Gasteiger partial charge in [-0.2, -0.15) is 0 Å². The van der Waals surface area contributed by atoms with Crippen LogP contribution < -0.4 is 0 Å². The molecule has 1 nitrogen and oxygen atoms in total. The largest absolute Gasteiger partial charge is 0.247 e. The van der Waals surface area contributed by atoms with Crippen LogP contribution in [0.5, 0.6) is 0 Å². The van der Waals surface area contributed by atoms with Gasteiger partial charge in [0.05, 0.1) is 11.2 Å². The summed E-state index contributed by atoms with van der Waals surface area (Å²) < 4.78 is 0. The van der Waals surface area contributed by atoms with Crippen molar-refractivity contribution in [2.75, 3.05) is 0 Å². The molecule has 0 radical (unpaired) electrons. The number of rotatable bonds is 1. The van der Waals surface area contributed by atoms with E-state index in [9.17, 15) is 0 Å². The Hall–Kier alpha value is -2.09. The summed E-state index contributed by atoms with van der Waals surface area (Å²) >= 11 is 12.3. The van der Waals surface area contributed by atoms with Crippen LogP contribution in [0.2, 0.25) is 10.0 Å². The minimum atomic E-state index is 0.687. The third-order valence-electron chi connectivity index (χ3n) is 3.77. The van der Waals surface area contributed by atoms with Gasteiger partial charge in [0.25, 0.3) is 0 Å². The number of hydrogen-bond donors (Lipinski definition) is 0. The van der Waals surface area contributed by atoms with Crippen LogP contribution in [0, 0.1) is 0 Å². The van der Waals surface area contributed by atoms with Gasteiger partial charge in [-0.25, -0.2) is 4.98 Å². The zero-order chi connectivity index (χ0) is 15.1. The Labute approximate surface area is 138 Å². The molecular formula is C19H11Cl2N. The molecule has 0 fully saturated rings. The van der Waals surface area contributed by atoms with Crippen LogP contribution >= 0.6 is 23.2 Å². The van der Waals surface area contributed by atoms with Crippen molar-refractivity contribution in [3.8, 4) is 11.3 Å². The van der Waals surface area contributed by atoms with Crippen molar-refractivity contribution in [2.45, 2.75) is 0 Å². The lowest BCUT2D eigenvalue weighted by Gasteiger charge is -2.10. The average molecular weight is 324 g/mol. The fourth-order valence-corrected chi connectivity index (χ4v) is 3.11. The van der Waals surface area contributed by atoms with E-state index in [1.807, 2.05) is 54.6 Å². The van der Waals surface area contributed by atoms with Gasteiger partial charge in [0.15, 0.2) is 0 Å².